The number of ether oxygens (including phenoxy) is 3. The van der Waals surface area contributed by atoms with Gasteiger partial charge in [0.1, 0.15) is 23.9 Å². The molecule has 6 rings (SSSR count). The topological polar surface area (TPSA) is 64.1 Å². The molecule has 0 atom stereocenters. The summed E-state index contributed by atoms with van der Waals surface area (Å²) in [7, 11) is 0. The minimum absolute atomic E-state index is 0.0686. The normalized spacial score (nSPS) is 13.6. The van der Waals surface area contributed by atoms with Crippen molar-refractivity contribution in [2.24, 2.45) is 0 Å². The maximum atomic E-state index is 13.5. The van der Waals surface area contributed by atoms with Gasteiger partial charge in [0.25, 0.3) is 0 Å². The van der Waals surface area contributed by atoms with E-state index in [-0.39, 0.29) is 24.2 Å². The van der Waals surface area contributed by atoms with Crippen LogP contribution in [-0.4, -0.2) is 53.5 Å². The highest BCUT2D eigenvalue weighted by molar-refractivity contribution is 6.32. The Labute approximate surface area is 322 Å². The fraction of sp³-hybridized carbons (Fsp3) is 0.256. The monoisotopic (exact) mass is 773 g/mol. The molecule has 5 aromatic rings. The number of piperazine rings is 1. The zero-order valence-corrected chi connectivity index (χ0v) is 31.2. The summed E-state index contributed by atoms with van der Waals surface area (Å²) in [4.78, 5) is 21.5. The van der Waals surface area contributed by atoms with Gasteiger partial charge in [0.15, 0.2) is 5.75 Å². The van der Waals surface area contributed by atoms with Crippen LogP contribution in [0.4, 0.5) is 17.6 Å². The Morgan fingerprint density at radius 2 is 1.51 bits per heavy atom. The Hall–Kier alpha value is -5.39. The van der Waals surface area contributed by atoms with Crippen molar-refractivity contribution in [3.05, 3.63) is 153 Å². The van der Waals surface area contributed by atoms with E-state index in [1.165, 1.54) is 30.0 Å². The molecule has 0 unspecified atom stereocenters. The van der Waals surface area contributed by atoms with E-state index in [2.05, 4.69) is 34.1 Å². The molecular formula is C43H40ClF4N3O4. The number of alkyl halides is 3. The van der Waals surface area contributed by atoms with Gasteiger partial charge in [-0.2, -0.15) is 13.2 Å². The van der Waals surface area contributed by atoms with E-state index in [9.17, 15) is 22.4 Å². The van der Waals surface area contributed by atoms with Crippen LogP contribution in [0, 0.1) is 19.7 Å². The molecule has 0 saturated carbocycles. The Balaban J connectivity index is 0.927. The van der Waals surface area contributed by atoms with Gasteiger partial charge in [-0.05, 0) is 102 Å². The molecule has 4 aromatic carbocycles. The molecule has 1 aliphatic rings. The number of benzene rings is 4. The Morgan fingerprint density at radius 3 is 2.16 bits per heavy atom. The third-order valence-corrected chi connectivity index (χ3v) is 9.46. The van der Waals surface area contributed by atoms with Crippen molar-refractivity contribution in [1.82, 2.24) is 14.8 Å². The average Bonchev–Trinajstić information content (AvgIpc) is 3.17. The molecule has 7 nitrogen and oxygen atoms in total. The molecule has 55 heavy (non-hydrogen) atoms. The summed E-state index contributed by atoms with van der Waals surface area (Å²) in [6.45, 7) is 7.74. The van der Waals surface area contributed by atoms with Crippen molar-refractivity contribution in [1.29, 1.82) is 0 Å². The number of carbonyl (C=O) groups is 1. The Morgan fingerprint density at radius 1 is 0.818 bits per heavy atom. The van der Waals surface area contributed by atoms with Crippen molar-refractivity contribution in [3.63, 3.8) is 0 Å². The fourth-order valence-corrected chi connectivity index (χ4v) is 6.33. The highest BCUT2D eigenvalue weighted by Gasteiger charge is 2.30. The van der Waals surface area contributed by atoms with Gasteiger partial charge in [-0.25, -0.2) is 9.37 Å². The van der Waals surface area contributed by atoms with E-state index in [1.807, 2.05) is 17.9 Å². The zero-order chi connectivity index (χ0) is 39.0. The second kappa shape index (κ2) is 17.8. The van der Waals surface area contributed by atoms with E-state index < -0.39 is 11.7 Å². The molecule has 0 aliphatic carbocycles. The lowest BCUT2D eigenvalue weighted by molar-refractivity contribution is -0.137. The number of nitrogens with zero attached hydrogens (tertiary/aromatic N) is 3. The Bertz CT molecular complexity index is 2080. The van der Waals surface area contributed by atoms with Crippen molar-refractivity contribution in [2.45, 2.75) is 39.6 Å². The highest BCUT2D eigenvalue weighted by Crippen LogP contribution is 2.34. The van der Waals surface area contributed by atoms with Crippen molar-refractivity contribution in [2.75, 3.05) is 32.8 Å². The molecular weight excluding hydrogens is 734 g/mol. The van der Waals surface area contributed by atoms with Crippen LogP contribution in [0.1, 0.15) is 38.9 Å². The number of pyridine rings is 1. The van der Waals surface area contributed by atoms with Gasteiger partial charge >= 0.3 is 6.18 Å². The van der Waals surface area contributed by atoms with Gasteiger partial charge in [0.05, 0.1) is 23.4 Å². The average molecular weight is 774 g/mol. The quantitative estimate of drug-likeness (QED) is 0.0878. The smallest absolute Gasteiger partial charge is 0.416 e. The van der Waals surface area contributed by atoms with Crippen LogP contribution in [0.2, 0.25) is 5.02 Å². The molecule has 2 heterocycles. The number of hydrogen-bond donors (Lipinski definition) is 0. The van der Waals surface area contributed by atoms with Crippen molar-refractivity contribution < 1.29 is 36.6 Å². The van der Waals surface area contributed by atoms with Crippen molar-refractivity contribution >= 4 is 23.6 Å². The van der Waals surface area contributed by atoms with E-state index in [1.54, 1.807) is 49.4 Å². The minimum atomic E-state index is -4.39. The third kappa shape index (κ3) is 11.1. The minimum Gasteiger partial charge on any atom is -0.493 e. The summed E-state index contributed by atoms with van der Waals surface area (Å²) in [6.07, 6.45) is 1.12. The van der Waals surface area contributed by atoms with Crippen LogP contribution in [0.25, 0.3) is 6.08 Å². The summed E-state index contributed by atoms with van der Waals surface area (Å²) in [5.74, 6) is 1.48. The van der Waals surface area contributed by atoms with Crippen LogP contribution in [0.15, 0.2) is 103 Å². The van der Waals surface area contributed by atoms with Crippen LogP contribution < -0.4 is 14.2 Å². The van der Waals surface area contributed by atoms with Gasteiger partial charge in [-0.3, -0.25) is 9.69 Å². The lowest BCUT2D eigenvalue weighted by atomic mass is 10.1. The summed E-state index contributed by atoms with van der Waals surface area (Å²) in [6, 6.07) is 24.9. The van der Waals surface area contributed by atoms with E-state index in [4.69, 9.17) is 25.8 Å². The van der Waals surface area contributed by atoms with Crippen LogP contribution in [-0.2, 0) is 30.5 Å². The van der Waals surface area contributed by atoms with Gasteiger partial charge in [0, 0.05) is 51.3 Å². The highest BCUT2D eigenvalue weighted by atomic mass is 35.5. The van der Waals surface area contributed by atoms with Crippen LogP contribution in [0.3, 0.4) is 0 Å². The number of amides is 1. The summed E-state index contributed by atoms with van der Waals surface area (Å²) >= 11 is 6.58. The lowest BCUT2D eigenvalue weighted by Gasteiger charge is -2.34. The van der Waals surface area contributed by atoms with E-state index in [0.717, 1.165) is 54.9 Å². The number of hydrogen-bond acceptors (Lipinski definition) is 6. The fourth-order valence-electron chi connectivity index (χ4n) is 6.02. The molecule has 1 aliphatic heterocycles. The number of rotatable bonds is 13. The molecule has 1 aromatic heterocycles. The molecule has 0 spiro atoms. The van der Waals surface area contributed by atoms with Crippen LogP contribution in [0.5, 0.6) is 23.1 Å². The number of aromatic nitrogens is 1. The molecule has 0 N–H and O–H groups in total. The summed E-state index contributed by atoms with van der Waals surface area (Å²) in [5.41, 5.74) is 4.30. The second-order valence-corrected chi connectivity index (χ2v) is 13.7. The number of aryl methyl sites for hydroxylation is 2. The van der Waals surface area contributed by atoms with Gasteiger partial charge in [-0.1, -0.05) is 48.0 Å². The van der Waals surface area contributed by atoms with Gasteiger partial charge in [-0.15, -0.1) is 0 Å². The summed E-state index contributed by atoms with van der Waals surface area (Å²) in [5, 5.41) is 0.353. The number of halogens is 5. The maximum absolute atomic E-state index is 13.5. The first kappa shape index (κ1) is 39.3. The lowest BCUT2D eigenvalue weighted by Crippen LogP contribution is -2.47. The predicted molar refractivity (Wildman–Crippen MR) is 204 cm³/mol. The van der Waals surface area contributed by atoms with Crippen LogP contribution >= 0.6 is 11.6 Å². The van der Waals surface area contributed by atoms with Gasteiger partial charge in [0.2, 0.25) is 11.8 Å². The van der Waals surface area contributed by atoms with Gasteiger partial charge < -0.3 is 19.1 Å². The first-order chi connectivity index (χ1) is 26.4. The SMILES string of the molecule is Cc1cc(OCCc2ccc(CN3CCN(C(=O)C=Cc4cc(C)c(Oc5ccc(OCc6ccc(C(F)(F)F)cc6)cn5)c(Cl)c4)CC3)cc2)ccc1F. The van der Waals surface area contributed by atoms with Crippen molar-refractivity contribution in [3.8, 4) is 23.1 Å². The molecule has 1 fully saturated rings. The first-order valence-electron chi connectivity index (χ1n) is 17.8. The van der Waals surface area contributed by atoms with E-state index in [0.29, 0.717) is 53.1 Å². The molecule has 286 valence electrons. The molecule has 1 saturated heterocycles. The summed E-state index contributed by atoms with van der Waals surface area (Å²) < 4.78 is 69.3. The molecule has 0 bridgehead atoms. The predicted octanol–water partition coefficient (Wildman–Crippen LogP) is 9.86. The number of carbonyl (C=O) groups excluding carboxylic acids is 1. The molecule has 12 heteroatoms. The largest absolute Gasteiger partial charge is 0.493 e. The zero-order valence-electron chi connectivity index (χ0n) is 30.4. The first-order valence-corrected chi connectivity index (χ1v) is 18.2. The second-order valence-electron chi connectivity index (χ2n) is 13.3. The maximum Gasteiger partial charge on any atom is 0.416 e. The van der Waals surface area contributed by atoms with E-state index >= 15 is 0 Å². The standard InChI is InChI=1S/C43H40ClF4N3O4/c1-29-24-36(12-14-39(29)45)53-22-17-31-3-5-32(6-4-31)27-50-18-20-51(21-19-50)41(52)16-9-34-23-30(2)42(38(44)25-34)55-40-15-13-37(26-49-40)54-28-33-7-10-35(11-8-33)43(46,47)48/h3-16,23-26H,17-22,27-28H2,1-2H3. The third-order valence-electron chi connectivity index (χ3n) is 9.17. The molecule has 0 radical (unpaired) electrons. The molecule has 1 amide bonds. The Kier molecular flexibility index (Phi) is 12.7.